The molecule has 25 heteroatoms. The molecular weight excluding hydrogens is 1220 g/mol. The van der Waals surface area contributed by atoms with E-state index in [0.29, 0.717) is 38.5 Å². The van der Waals surface area contributed by atoms with Gasteiger partial charge in [0, 0.05) is 19.3 Å². The fourth-order valence-electron chi connectivity index (χ4n) is 13.4. The second-order valence-electron chi connectivity index (χ2n) is 27.0. The molecule has 0 aliphatic carbocycles. The minimum atomic E-state index is -2.01. The van der Waals surface area contributed by atoms with Crippen LogP contribution in [0.4, 0.5) is 0 Å². The summed E-state index contributed by atoms with van der Waals surface area (Å²) in [6.07, 6.45) is -14.4. The number of hydrogen-bond acceptors (Lipinski definition) is 25. The van der Waals surface area contributed by atoms with Crippen molar-refractivity contribution in [2.45, 2.75) is 407 Å². The Morgan fingerprint density at radius 3 is 1.49 bits per heavy atom. The zero-order chi connectivity index (χ0) is 67.6. The maximum absolute atomic E-state index is 14.3. The van der Waals surface area contributed by atoms with Crippen molar-refractivity contribution >= 4 is 17.9 Å². The molecule has 25 nitrogen and oxygen atoms in total. The van der Waals surface area contributed by atoms with E-state index >= 15 is 0 Å². The van der Waals surface area contributed by atoms with Crippen LogP contribution >= 0.6 is 0 Å². The minimum absolute atomic E-state index is 0.0353. The van der Waals surface area contributed by atoms with Crippen molar-refractivity contribution in [3.05, 3.63) is 0 Å². The number of hydrogen-bond donors (Lipinski definition) is 9. The third kappa shape index (κ3) is 24.2. The van der Waals surface area contributed by atoms with Crippen molar-refractivity contribution < 1.29 is 122 Å². The first-order valence-corrected chi connectivity index (χ1v) is 35.9. The van der Waals surface area contributed by atoms with E-state index in [0.717, 1.165) is 116 Å². The molecule has 6 fully saturated rings. The Kier molecular flexibility index (Phi) is 35.9. The number of carbonyl (C=O) groups is 3. The molecule has 0 saturated carbocycles. The van der Waals surface area contributed by atoms with E-state index in [1.165, 1.54) is 46.5 Å². The first kappa shape index (κ1) is 79.6. The quantitative estimate of drug-likeness (QED) is 0.0206. The third-order valence-corrected chi connectivity index (χ3v) is 19.2. The number of unbranched alkanes of at least 4 members (excludes halogenated alkanes) is 16. The highest BCUT2D eigenvalue weighted by atomic mass is 16.8. The molecule has 26 unspecified atom stereocenters. The Balaban J connectivity index is 1.31. The van der Waals surface area contributed by atoms with Crippen LogP contribution in [0.1, 0.15) is 248 Å². The van der Waals surface area contributed by atoms with E-state index in [1.807, 2.05) is 0 Å². The van der Waals surface area contributed by atoms with Crippen molar-refractivity contribution in [3.8, 4) is 0 Å². The van der Waals surface area contributed by atoms with Crippen LogP contribution in [0, 0.1) is 0 Å². The highest BCUT2D eigenvalue weighted by Gasteiger charge is 2.59. The van der Waals surface area contributed by atoms with E-state index in [1.54, 1.807) is 6.92 Å². The van der Waals surface area contributed by atoms with Crippen molar-refractivity contribution in [2.75, 3.05) is 6.61 Å². The first-order chi connectivity index (χ1) is 44.7. The first-order valence-electron chi connectivity index (χ1n) is 35.9. The highest BCUT2D eigenvalue weighted by molar-refractivity contribution is 5.70. The highest BCUT2D eigenvalue weighted by Crippen LogP contribution is 2.40. The predicted molar refractivity (Wildman–Crippen MR) is 335 cm³/mol. The lowest BCUT2D eigenvalue weighted by atomic mass is 9.95. The molecule has 26 atom stereocenters. The van der Waals surface area contributed by atoms with Crippen molar-refractivity contribution in [1.29, 1.82) is 0 Å². The molecule has 9 N–H and O–H groups in total. The number of esters is 3. The third-order valence-electron chi connectivity index (χ3n) is 19.2. The topological polar surface area (TPSA) is 353 Å². The molecule has 6 aliphatic rings. The van der Waals surface area contributed by atoms with Crippen molar-refractivity contribution in [2.24, 2.45) is 0 Å². The second kappa shape index (κ2) is 41.9. The molecule has 0 aromatic heterocycles. The summed E-state index contributed by atoms with van der Waals surface area (Å²) in [5.41, 5.74) is 0. The van der Waals surface area contributed by atoms with Gasteiger partial charge in [0.2, 0.25) is 0 Å². The van der Waals surface area contributed by atoms with Gasteiger partial charge in [-0.25, -0.2) is 0 Å². The number of carbonyl (C=O) groups excluding carboxylic acids is 3. The van der Waals surface area contributed by atoms with Crippen LogP contribution in [0.3, 0.4) is 0 Å². The Bertz CT molecular complexity index is 2080. The summed E-state index contributed by atoms with van der Waals surface area (Å²) in [5, 5.41) is 103. The Morgan fingerprint density at radius 2 is 0.882 bits per heavy atom. The van der Waals surface area contributed by atoms with E-state index in [4.69, 9.17) is 61.6 Å². The minimum Gasteiger partial charge on any atom is -0.457 e. The Hall–Kier alpha value is -2.35. The zero-order valence-corrected chi connectivity index (χ0v) is 56.7. The van der Waals surface area contributed by atoms with Crippen LogP contribution in [-0.4, -0.2) is 230 Å². The molecule has 0 aromatic rings. The number of ether oxygens (including phenoxy) is 13. The molecule has 0 bridgehead atoms. The number of rotatable bonds is 31. The maximum Gasteiger partial charge on any atom is 0.306 e. The van der Waals surface area contributed by atoms with E-state index in [-0.39, 0.29) is 25.4 Å². The maximum atomic E-state index is 14.3. The Labute approximate surface area is 551 Å². The normalized spacial score (nSPS) is 39.4. The summed E-state index contributed by atoms with van der Waals surface area (Å²) in [5.74, 6) is -2.07. The summed E-state index contributed by atoms with van der Waals surface area (Å²) in [4.78, 5) is 41.5. The molecule has 6 rings (SSSR count). The van der Waals surface area contributed by atoms with Crippen LogP contribution in [0.15, 0.2) is 0 Å². The molecule has 93 heavy (non-hydrogen) atoms. The molecule has 0 aromatic carbocycles. The lowest BCUT2D eigenvalue weighted by molar-refractivity contribution is -0.400. The van der Waals surface area contributed by atoms with E-state index in [2.05, 4.69) is 20.8 Å². The zero-order valence-electron chi connectivity index (χ0n) is 56.7. The number of fused-ring (bicyclic) bond motifs is 2. The van der Waals surface area contributed by atoms with Gasteiger partial charge in [-0.1, -0.05) is 168 Å². The number of aliphatic hydroxyl groups is 9. The standard InChI is InChI=1S/C68H120O25/c1-8-11-14-16-18-19-23-27-31-36-46(70)87-57-41(5)82-64(55(79)53(57)77)91-59-43(7)84-68(63(89-48(72)38-33-26-21-17-15-12-9-2)62(59)93-65-54(78)51(75)50(74)45(39-69)86-65)90-58-42(6)83-67-61(56(58)80)88-47(71)37-32-28-24-20-22-25-30-35-44(34-29-13-10-3)85-66-60(92-67)52(76)49(73)40(4)81-66/h40-45,49-69,73-80H,8-39H2,1-7H3. The average Bonchev–Trinajstić information content (AvgIpc) is 0.858. The van der Waals surface area contributed by atoms with E-state index < -0.39 is 178 Å². The summed E-state index contributed by atoms with van der Waals surface area (Å²) < 4.78 is 82.5. The molecule has 6 aliphatic heterocycles. The summed E-state index contributed by atoms with van der Waals surface area (Å²) >= 11 is 0. The molecule has 542 valence electrons. The van der Waals surface area contributed by atoms with Gasteiger partial charge in [-0.15, -0.1) is 0 Å². The van der Waals surface area contributed by atoms with Gasteiger partial charge in [0.05, 0.1) is 37.1 Å². The van der Waals surface area contributed by atoms with Crippen molar-refractivity contribution in [3.63, 3.8) is 0 Å². The lowest BCUT2D eigenvalue weighted by Crippen LogP contribution is -2.68. The summed E-state index contributed by atoms with van der Waals surface area (Å²) in [7, 11) is 0. The van der Waals surface area contributed by atoms with Gasteiger partial charge >= 0.3 is 17.9 Å². The summed E-state index contributed by atoms with van der Waals surface area (Å²) in [6, 6.07) is 0. The van der Waals surface area contributed by atoms with Gasteiger partial charge in [0.15, 0.2) is 49.8 Å². The van der Waals surface area contributed by atoms with Crippen LogP contribution in [0.25, 0.3) is 0 Å². The van der Waals surface area contributed by atoms with Gasteiger partial charge in [-0.05, 0) is 59.8 Å². The van der Waals surface area contributed by atoms with Crippen LogP contribution in [0.5, 0.6) is 0 Å². The fraction of sp³-hybridized carbons (Fsp3) is 0.956. The van der Waals surface area contributed by atoms with Gasteiger partial charge in [-0.2, -0.15) is 0 Å². The van der Waals surface area contributed by atoms with Gasteiger partial charge in [0.1, 0.15) is 79.4 Å². The lowest BCUT2D eigenvalue weighted by Gasteiger charge is -2.51. The number of aliphatic hydroxyl groups excluding tert-OH is 9. The molecule has 0 amide bonds. The molecule has 0 spiro atoms. The van der Waals surface area contributed by atoms with E-state index in [9.17, 15) is 60.3 Å². The monoisotopic (exact) mass is 1340 g/mol. The predicted octanol–water partition coefficient (Wildman–Crippen LogP) is 6.40. The fourth-order valence-corrected chi connectivity index (χ4v) is 13.4. The second-order valence-corrected chi connectivity index (χ2v) is 27.0. The van der Waals surface area contributed by atoms with Crippen molar-refractivity contribution in [1.82, 2.24) is 0 Å². The van der Waals surface area contributed by atoms with Gasteiger partial charge in [-0.3, -0.25) is 14.4 Å². The Morgan fingerprint density at radius 1 is 0.409 bits per heavy atom. The molecular formula is C68H120O25. The van der Waals surface area contributed by atoms with Crippen LogP contribution < -0.4 is 0 Å². The molecule has 0 radical (unpaired) electrons. The van der Waals surface area contributed by atoms with Gasteiger partial charge < -0.3 is 108 Å². The largest absolute Gasteiger partial charge is 0.457 e. The average molecular weight is 1340 g/mol. The molecule has 6 saturated heterocycles. The van der Waals surface area contributed by atoms with Crippen LogP contribution in [0.2, 0.25) is 0 Å². The van der Waals surface area contributed by atoms with Crippen LogP contribution in [-0.2, 0) is 76.0 Å². The SMILES string of the molecule is CCCCCCCCCCCC(=O)OC1C(C)OC(OC2C(C)OC(OC3C(C)OC4OC5C(OC(CCCCC)CCCCCCCCCC(=O)OC4C3O)OC(C)C(O)C5O)C(OC(=O)CCCCCCCCC)C2OC2OC(CO)C(O)C(O)C2O)C(O)C1O. The van der Waals surface area contributed by atoms with Gasteiger partial charge in [0.25, 0.3) is 0 Å². The summed E-state index contributed by atoms with van der Waals surface area (Å²) in [6.45, 7) is 11.7. The smallest absolute Gasteiger partial charge is 0.306 e. The molecule has 6 heterocycles.